The van der Waals surface area contributed by atoms with Gasteiger partial charge in [-0.05, 0) is 53.4 Å². The first-order chi connectivity index (χ1) is 16.9. The topological polar surface area (TPSA) is 87.1 Å². The van der Waals surface area contributed by atoms with Crippen LogP contribution in [0.5, 0.6) is 0 Å². The highest BCUT2D eigenvalue weighted by atomic mass is 19.4. The molecule has 0 aliphatic heterocycles. The van der Waals surface area contributed by atoms with E-state index >= 15 is 0 Å². The number of pyridine rings is 2. The Kier molecular flexibility index (Phi) is 6.35. The summed E-state index contributed by atoms with van der Waals surface area (Å²) in [6.07, 6.45) is -0.810. The molecule has 0 aliphatic rings. The first kappa shape index (κ1) is 25.0. The average molecular weight is 502 g/mol. The highest BCUT2D eigenvalue weighted by molar-refractivity contribution is 6.07. The molecule has 36 heavy (non-hydrogen) atoms. The van der Waals surface area contributed by atoms with Crippen LogP contribution in [0.25, 0.3) is 10.8 Å². The van der Waals surface area contributed by atoms with Crippen LogP contribution in [0.3, 0.4) is 0 Å². The van der Waals surface area contributed by atoms with Crippen LogP contribution in [0.15, 0.2) is 79.3 Å². The quantitative estimate of drug-likeness (QED) is 0.280. The third kappa shape index (κ3) is 4.69. The summed E-state index contributed by atoms with van der Waals surface area (Å²) in [5, 5.41) is 17.2. The second-order valence-electron chi connectivity index (χ2n) is 8.09. The largest absolute Gasteiger partial charge is 0.427 e. The van der Waals surface area contributed by atoms with E-state index in [1.165, 1.54) is 18.3 Å². The highest BCUT2D eigenvalue weighted by Gasteiger charge is 2.67. The van der Waals surface area contributed by atoms with E-state index in [0.29, 0.717) is 17.8 Å². The maximum Gasteiger partial charge on any atom is 0.427 e. The molecule has 2 heterocycles. The van der Waals surface area contributed by atoms with Gasteiger partial charge in [0, 0.05) is 42.3 Å². The number of nitrogens with zero attached hydrogens (tertiary/aromatic N) is 2. The zero-order valence-corrected chi connectivity index (χ0v) is 18.6. The van der Waals surface area contributed by atoms with Crippen LogP contribution >= 0.6 is 0 Å². The summed E-state index contributed by atoms with van der Waals surface area (Å²) in [4.78, 5) is 21.2. The summed E-state index contributed by atoms with van der Waals surface area (Å²) in [6.45, 7) is -0.0147. The van der Waals surface area contributed by atoms with E-state index < -0.39 is 29.2 Å². The number of nitrogens with one attached hydrogen (secondary N) is 2. The van der Waals surface area contributed by atoms with Gasteiger partial charge in [0.05, 0.1) is 5.56 Å². The van der Waals surface area contributed by atoms with Crippen molar-refractivity contribution < 1.29 is 31.9 Å². The highest BCUT2D eigenvalue weighted by Crippen LogP contribution is 2.49. The lowest BCUT2D eigenvalue weighted by molar-refractivity contribution is -0.335. The summed E-state index contributed by atoms with van der Waals surface area (Å²) in [5.41, 5.74) is -4.66. The third-order valence-corrected chi connectivity index (χ3v) is 5.56. The van der Waals surface area contributed by atoms with E-state index in [9.17, 15) is 31.9 Å². The van der Waals surface area contributed by atoms with E-state index in [-0.39, 0.29) is 24.0 Å². The Morgan fingerprint density at radius 1 is 0.889 bits per heavy atom. The molecule has 2 aromatic carbocycles. The molecule has 2 aromatic heterocycles. The number of rotatable bonds is 6. The molecule has 4 aromatic rings. The molecule has 11 heteroatoms. The van der Waals surface area contributed by atoms with Crippen molar-refractivity contribution in [2.45, 2.75) is 24.6 Å². The third-order valence-electron chi connectivity index (χ3n) is 5.56. The maximum atomic E-state index is 13.7. The number of carbonyl (C=O) groups is 1. The lowest BCUT2D eigenvalue weighted by Gasteiger charge is -2.35. The van der Waals surface area contributed by atoms with Gasteiger partial charge >= 0.3 is 6.18 Å². The van der Waals surface area contributed by atoms with E-state index in [4.69, 9.17) is 0 Å². The minimum atomic E-state index is -5.63. The van der Waals surface area contributed by atoms with Crippen molar-refractivity contribution in [2.75, 3.05) is 10.6 Å². The summed E-state index contributed by atoms with van der Waals surface area (Å²) >= 11 is 0. The molecule has 0 fully saturated rings. The minimum absolute atomic E-state index is 0.0147. The fourth-order valence-electron chi connectivity index (χ4n) is 3.65. The Morgan fingerprint density at radius 2 is 1.58 bits per heavy atom. The molecule has 4 rings (SSSR count). The molecule has 0 saturated carbocycles. The van der Waals surface area contributed by atoms with Crippen molar-refractivity contribution in [3.8, 4) is 0 Å². The first-order valence-electron chi connectivity index (χ1n) is 10.5. The molecule has 3 N–H and O–H groups in total. The molecular weight excluding hydrogens is 483 g/mol. The van der Waals surface area contributed by atoms with Crippen LogP contribution in [0.4, 0.5) is 39.1 Å². The lowest BCUT2D eigenvalue weighted by Crippen LogP contribution is -2.54. The van der Waals surface area contributed by atoms with Crippen molar-refractivity contribution in [3.05, 3.63) is 90.4 Å². The predicted octanol–water partition coefficient (Wildman–Crippen LogP) is 6.03. The van der Waals surface area contributed by atoms with Gasteiger partial charge in [0.2, 0.25) is 5.60 Å². The van der Waals surface area contributed by atoms with Crippen molar-refractivity contribution in [3.63, 3.8) is 0 Å². The van der Waals surface area contributed by atoms with Gasteiger partial charge in [-0.1, -0.05) is 18.2 Å². The fourth-order valence-corrected chi connectivity index (χ4v) is 3.65. The van der Waals surface area contributed by atoms with Crippen LogP contribution in [0.1, 0.15) is 22.8 Å². The number of aromatic nitrogens is 2. The maximum absolute atomic E-state index is 13.7. The Balaban J connectivity index is 1.56. The number of amides is 1. The summed E-state index contributed by atoms with van der Waals surface area (Å²) in [6, 6.07) is 13.7. The predicted molar refractivity (Wildman–Crippen MR) is 124 cm³/mol. The Hall–Kier alpha value is -4.12. The van der Waals surface area contributed by atoms with Crippen molar-refractivity contribution in [2.24, 2.45) is 0 Å². The van der Waals surface area contributed by atoms with Crippen LogP contribution in [0.2, 0.25) is 0 Å². The Bertz CT molecular complexity index is 1390. The van der Waals surface area contributed by atoms with Gasteiger partial charge < -0.3 is 15.7 Å². The molecular formula is C25H19F5N4O2. The zero-order chi connectivity index (χ0) is 26.1. The number of fused-ring (bicyclic) bond motifs is 1. The van der Waals surface area contributed by atoms with Crippen molar-refractivity contribution >= 4 is 33.9 Å². The number of carbonyl (C=O) groups excluding carboxylic acids is 1. The number of aliphatic hydroxyl groups is 1. The summed E-state index contributed by atoms with van der Waals surface area (Å²) in [5.74, 6) is -4.94. The van der Waals surface area contributed by atoms with Gasteiger partial charge in [0.15, 0.2) is 0 Å². The SMILES string of the molecule is CC(F)(F)C(O)(c1ccc(NC(=O)c2cccnc2Nc2ccc3ccncc3c2)cc1)C(F)(F)F. The van der Waals surface area contributed by atoms with E-state index in [1.54, 1.807) is 18.5 Å². The van der Waals surface area contributed by atoms with Gasteiger partial charge in [-0.2, -0.15) is 13.2 Å². The molecule has 1 atom stereocenters. The van der Waals surface area contributed by atoms with Crippen LogP contribution in [0, 0.1) is 0 Å². The number of halogens is 5. The molecule has 0 spiro atoms. The van der Waals surface area contributed by atoms with Gasteiger partial charge in [0.1, 0.15) is 5.82 Å². The summed E-state index contributed by atoms with van der Waals surface area (Å²) in [7, 11) is 0. The van der Waals surface area contributed by atoms with Gasteiger partial charge in [-0.25, -0.2) is 13.8 Å². The number of anilines is 3. The monoisotopic (exact) mass is 502 g/mol. The standard InChI is InChI=1S/C25H19F5N4O2/c1-23(26,27)24(36,25(28,29)30)17-5-8-18(9-6-17)34-22(35)20-3-2-11-32-21(20)33-19-7-4-15-10-12-31-14-16(15)13-19/h2-14,36H,1H3,(H,32,33)(H,34,35). The van der Waals surface area contributed by atoms with Gasteiger partial charge in [-0.15, -0.1) is 0 Å². The molecule has 0 saturated heterocycles. The molecule has 0 bridgehead atoms. The normalized spacial score (nSPS) is 13.8. The smallest absolute Gasteiger partial charge is 0.372 e. The van der Waals surface area contributed by atoms with E-state index in [1.807, 2.05) is 18.2 Å². The summed E-state index contributed by atoms with van der Waals surface area (Å²) < 4.78 is 67.4. The minimum Gasteiger partial charge on any atom is -0.372 e. The van der Waals surface area contributed by atoms with Gasteiger partial charge in [-0.3, -0.25) is 9.78 Å². The number of hydrogen-bond acceptors (Lipinski definition) is 5. The number of alkyl halides is 5. The fraction of sp³-hybridized carbons (Fsp3) is 0.160. The Labute approximate surface area is 201 Å². The first-order valence-corrected chi connectivity index (χ1v) is 10.5. The number of hydrogen-bond donors (Lipinski definition) is 3. The second-order valence-corrected chi connectivity index (χ2v) is 8.09. The number of benzene rings is 2. The molecule has 0 radical (unpaired) electrons. The van der Waals surface area contributed by atoms with Crippen LogP contribution in [-0.4, -0.2) is 33.1 Å². The molecule has 1 amide bonds. The molecule has 0 aliphatic carbocycles. The van der Waals surface area contributed by atoms with Crippen molar-refractivity contribution in [1.82, 2.24) is 9.97 Å². The molecule has 1 unspecified atom stereocenters. The molecule has 6 nitrogen and oxygen atoms in total. The lowest BCUT2D eigenvalue weighted by atomic mass is 9.87. The molecule has 186 valence electrons. The Morgan fingerprint density at radius 3 is 2.25 bits per heavy atom. The van der Waals surface area contributed by atoms with Crippen LogP contribution < -0.4 is 10.6 Å². The second kappa shape index (κ2) is 9.15. The van der Waals surface area contributed by atoms with Gasteiger partial charge in [0.25, 0.3) is 11.8 Å². The van der Waals surface area contributed by atoms with Crippen molar-refractivity contribution in [1.29, 1.82) is 0 Å². The average Bonchev–Trinajstić information content (AvgIpc) is 2.83. The zero-order valence-electron chi connectivity index (χ0n) is 18.6. The van der Waals surface area contributed by atoms with Crippen LogP contribution in [-0.2, 0) is 5.60 Å². The van der Waals surface area contributed by atoms with E-state index in [2.05, 4.69) is 20.6 Å². The van der Waals surface area contributed by atoms with E-state index in [0.717, 1.165) is 22.9 Å².